The van der Waals surface area contributed by atoms with E-state index in [9.17, 15) is 4.79 Å². The molecule has 1 rings (SSSR count). The van der Waals surface area contributed by atoms with Crippen molar-refractivity contribution in [1.29, 1.82) is 0 Å². The molecule has 1 unspecified atom stereocenters. The summed E-state index contributed by atoms with van der Waals surface area (Å²) < 4.78 is 0. The van der Waals surface area contributed by atoms with E-state index in [4.69, 9.17) is 0 Å². The molecule has 0 aliphatic rings. The highest BCUT2D eigenvalue weighted by Crippen LogP contribution is 2.10. The molecule has 0 saturated heterocycles. The fourth-order valence-corrected chi connectivity index (χ4v) is 0.949. The Bertz CT molecular complexity index is 310. The molecule has 0 aromatic carbocycles. The van der Waals surface area contributed by atoms with E-state index in [0.29, 0.717) is 5.69 Å². The topological polar surface area (TPSA) is 64.1 Å². The molecule has 1 heterocycles. The van der Waals surface area contributed by atoms with Crippen molar-refractivity contribution < 1.29 is 9.63 Å². The minimum atomic E-state index is -0.358. The lowest BCUT2D eigenvalue weighted by Crippen LogP contribution is -2.27. The van der Waals surface area contributed by atoms with Gasteiger partial charge in [-0.15, -0.1) is 0 Å². The Hall–Kier alpha value is -1.49. The van der Waals surface area contributed by atoms with Gasteiger partial charge in [-0.05, 0) is 13.8 Å². The second-order valence-corrected chi connectivity index (χ2v) is 2.97. The zero-order valence-corrected chi connectivity index (χ0v) is 8.44. The Labute approximate surface area is 82.5 Å². The Kier molecular flexibility index (Phi) is 3.53. The number of aromatic nitrogens is 2. The van der Waals surface area contributed by atoms with Crippen molar-refractivity contribution in [3.63, 3.8) is 0 Å². The first-order chi connectivity index (χ1) is 6.65. The van der Waals surface area contributed by atoms with Gasteiger partial charge in [-0.1, -0.05) is 0 Å². The van der Waals surface area contributed by atoms with Crippen LogP contribution in [-0.2, 0) is 9.63 Å². The van der Waals surface area contributed by atoms with Crippen LogP contribution in [0.3, 0.4) is 0 Å². The highest BCUT2D eigenvalue weighted by Gasteiger charge is 2.16. The van der Waals surface area contributed by atoms with Crippen LogP contribution in [-0.4, -0.2) is 23.0 Å². The average molecular weight is 195 g/mol. The van der Waals surface area contributed by atoms with Crippen LogP contribution in [0.15, 0.2) is 12.4 Å². The molecule has 76 valence electrons. The fourth-order valence-electron chi connectivity index (χ4n) is 0.949. The number of hydrogen-bond donors (Lipinski definition) is 1. The quantitative estimate of drug-likeness (QED) is 0.716. The largest absolute Gasteiger partial charge is 0.277 e. The van der Waals surface area contributed by atoms with E-state index in [1.54, 1.807) is 19.3 Å². The second kappa shape index (κ2) is 4.66. The maximum absolute atomic E-state index is 11.3. The first-order valence-corrected chi connectivity index (χ1v) is 4.26. The molecule has 0 aliphatic carbocycles. The second-order valence-electron chi connectivity index (χ2n) is 2.97. The van der Waals surface area contributed by atoms with Gasteiger partial charge in [-0.25, -0.2) is 5.48 Å². The van der Waals surface area contributed by atoms with Crippen LogP contribution in [0.1, 0.15) is 24.2 Å². The van der Waals surface area contributed by atoms with Gasteiger partial charge < -0.3 is 0 Å². The van der Waals surface area contributed by atoms with Crippen LogP contribution in [0.4, 0.5) is 0 Å². The highest BCUT2D eigenvalue weighted by atomic mass is 16.6. The number of rotatable bonds is 3. The van der Waals surface area contributed by atoms with Crippen LogP contribution >= 0.6 is 0 Å². The maximum atomic E-state index is 11.3. The highest BCUT2D eigenvalue weighted by molar-refractivity contribution is 5.81. The number of aryl methyl sites for hydroxylation is 1. The van der Waals surface area contributed by atoms with Crippen LogP contribution in [0, 0.1) is 6.92 Å². The van der Waals surface area contributed by atoms with Gasteiger partial charge >= 0.3 is 0 Å². The lowest BCUT2D eigenvalue weighted by atomic mass is 10.1. The van der Waals surface area contributed by atoms with Gasteiger partial charge in [0.15, 0.2) is 0 Å². The molecule has 5 heteroatoms. The first kappa shape index (κ1) is 10.6. The predicted octanol–water partition coefficient (Wildman–Crippen LogP) is 0.566. The van der Waals surface area contributed by atoms with Crippen LogP contribution in [0.25, 0.3) is 0 Å². The summed E-state index contributed by atoms with van der Waals surface area (Å²) in [5, 5.41) is 0. The zero-order chi connectivity index (χ0) is 10.6. The SMILES string of the molecule is CONC(=O)C(C)c1cnc(C)cn1. The van der Waals surface area contributed by atoms with Crippen LogP contribution < -0.4 is 5.48 Å². The van der Waals surface area contributed by atoms with Crippen molar-refractivity contribution in [3.8, 4) is 0 Å². The number of nitrogens with zero attached hydrogens (tertiary/aromatic N) is 2. The molecular weight excluding hydrogens is 182 g/mol. The molecule has 1 atom stereocenters. The molecule has 0 bridgehead atoms. The lowest BCUT2D eigenvalue weighted by molar-refractivity contribution is -0.132. The smallest absolute Gasteiger partial charge is 0.252 e. The molecule has 14 heavy (non-hydrogen) atoms. The summed E-state index contributed by atoms with van der Waals surface area (Å²) in [5.41, 5.74) is 3.71. The molecule has 5 nitrogen and oxygen atoms in total. The molecule has 0 fully saturated rings. The Morgan fingerprint density at radius 3 is 2.71 bits per heavy atom. The lowest BCUT2D eigenvalue weighted by Gasteiger charge is -2.09. The van der Waals surface area contributed by atoms with Gasteiger partial charge in [0.05, 0.1) is 24.4 Å². The number of carbonyl (C=O) groups is 1. The number of hydroxylamine groups is 1. The van der Waals surface area contributed by atoms with Gasteiger partial charge in [0.1, 0.15) is 0 Å². The molecule has 1 aromatic heterocycles. The summed E-state index contributed by atoms with van der Waals surface area (Å²) in [6.07, 6.45) is 3.22. The van der Waals surface area contributed by atoms with Crippen LogP contribution in [0.2, 0.25) is 0 Å². The molecule has 1 aromatic rings. The Morgan fingerprint density at radius 2 is 2.21 bits per heavy atom. The fraction of sp³-hybridized carbons (Fsp3) is 0.444. The number of nitrogens with one attached hydrogen (secondary N) is 1. The molecule has 0 spiro atoms. The van der Waals surface area contributed by atoms with E-state index in [-0.39, 0.29) is 11.8 Å². The third kappa shape index (κ3) is 2.50. The van der Waals surface area contributed by atoms with Gasteiger partial charge in [-0.3, -0.25) is 19.6 Å². The molecule has 0 saturated carbocycles. The predicted molar refractivity (Wildman–Crippen MR) is 50.3 cm³/mol. The van der Waals surface area contributed by atoms with Crippen molar-refractivity contribution in [3.05, 3.63) is 23.8 Å². The first-order valence-electron chi connectivity index (χ1n) is 4.26. The number of hydrogen-bond acceptors (Lipinski definition) is 4. The molecule has 0 aliphatic heterocycles. The van der Waals surface area contributed by atoms with E-state index in [1.807, 2.05) is 6.92 Å². The summed E-state index contributed by atoms with van der Waals surface area (Å²) in [6.45, 7) is 3.59. The summed E-state index contributed by atoms with van der Waals surface area (Å²) in [6, 6.07) is 0. The standard InChI is InChI=1S/C9H13N3O2/c1-6-4-11-8(5-10-6)7(2)9(13)12-14-3/h4-5,7H,1-3H3,(H,12,13). The Balaban J connectivity index is 2.73. The summed E-state index contributed by atoms with van der Waals surface area (Å²) in [5.74, 6) is -0.589. The van der Waals surface area contributed by atoms with E-state index in [1.165, 1.54) is 7.11 Å². The minimum Gasteiger partial charge on any atom is -0.277 e. The maximum Gasteiger partial charge on any atom is 0.252 e. The number of carbonyl (C=O) groups excluding carboxylic acids is 1. The monoisotopic (exact) mass is 195 g/mol. The van der Waals surface area contributed by atoms with E-state index < -0.39 is 0 Å². The van der Waals surface area contributed by atoms with Gasteiger partial charge in [0, 0.05) is 12.4 Å². The normalized spacial score (nSPS) is 12.2. The van der Waals surface area contributed by atoms with Gasteiger partial charge in [0.25, 0.3) is 5.91 Å². The van der Waals surface area contributed by atoms with Crippen molar-refractivity contribution in [2.75, 3.05) is 7.11 Å². The third-order valence-electron chi connectivity index (χ3n) is 1.84. The van der Waals surface area contributed by atoms with Crippen LogP contribution in [0.5, 0.6) is 0 Å². The van der Waals surface area contributed by atoms with E-state index in [0.717, 1.165) is 5.69 Å². The van der Waals surface area contributed by atoms with Crippen molar-refractivity contribution >= 4 is 5.91 Å². The van der Waals surface area contributed by atoms with Crippen molar-refractivity contribution in [2.24, 2.45) is 0 Å². The number of amides is 1. The summed E-state index contributed by atoms with van der Waals surface area (Å²) in [4.78, 5) is 24.0. The average Bonchev–Trinajstić information content (AvgIpc) is 2.18. The molecule has 0 radical (unpaired) electrons. The Morgan fingerprint density at radius 1 is 1.50 bits per heavy atom. The van der Waals surface area contributed by atoms with Gasteiger partial charge in [-0.2, -0.15) is 0 Å². The van der Waals surface area contributed by atoms with E-state index in [2.05, 4.69) is 20.3 Å². The van der Waals surface area contributed by atoms with Crippen molar-refractivity contribution in [1.82, 2.24) is 15.4 Å². The van der Waals surface area contributed by atoms with Gasteiger partial charge in [0.2, 0.25) is 0 Å². The molecule has 1 N–H and O–H groups in total. The minimum absolute atomic E-state index is 0.231. The van der Waals surface area contributed by atoms with Crippen molar-refractivity contribution in [2.45, 2.75) is 19.8 Å². The molecule has 1 amide bonds. The summed E-state index contributed by atoms with van der Waals surface area (Å²) >= 11 is 0. The molecular formula is C9H13N3O2. The summed E-state index contributed by atoms with van der Waals surface area (Å²) in [7, 11) is 1.39. The third-order valence-corrected chi connectivity index (χ3v) is 1.84. The van der Waals surface area contributed by atoms with E-state index >= 15 is 0 Å². The zero-order valence-electron chi connectivity index (χ0n) is 8.44.